The molecule has 1 aliphatic rings. The molecule has 0 saturated carbocycles. The average molecular weight is 262 g/mol. The van der Waals surface area contributed by atoms with Gasteiger partial charge in [0.25, 0.3) is 0 Å². The second-order valence-electron chi connectivity index (χ2n) is 5.86. The van der Waals surface area contributed by atoms with Crippen LogP contribution in [0.25, 0.3) is 0 Å². The minimum Gasteiger partial charge on any atom is -0.508 e. The lowest BCUT2D eigenvalue weighted by Crippen LogP contribution is -2.10. The SMILES string of the molecule is CC1CCc2cc(O)ccc2C1.CCCCCCC. The normalized spacial score (nSPS) is 17.3. The van der Waals surface area contributed by atoms with E-state index in [0.717, 1.165) is 12.3 Å². The van der Waals surface area contributed by atoms with Crippen molar-refractivity contribution in [3.05, 3.63) is 29.3 Å². The molecule has 1 heteroatoms. The van der Waals surface area contributed by atoms with Crippen LogP contribution in [0.5, 0.6) is 5.75 Å². The molecular formula is C18H30O. The van der Waals surface area contributed by atoms with Gasteiger partial charge in [0, 0.05) is 0 Å². The molecule has 19 heavy (non-hydrogen) atoms. The molecule has 0 amide bonds. The van der Waals surface area contributed by atoms with Gasteiger partial charge in [-0.05, 0) is 48.4 Å². The number of fused-ring (bicyclic) bond motifs is 1. The van der Waals surface area contributed by atoms with E-state index in [0.29, 0.717) is 5.75 Å². The van der Waals surface area contributed by atoms with Crippen LogP contribution in [-0.2, 0) is 12.8 Å². The highest BCUT2D eigenvalue weighted by Gasteiger charge is 2.14. The molecule has 1 aromatic carbocycles. The Hall–Kier alpha value is -0.980. The number of hydrogen-bond acceptors (Lipinski definition) is 1. The maximum absolute atomic E-state index is 9.25. The highest BCUT2D eigenvalue weighted by Crippen LogP contribution is 2.27. The standard InChI is InChI=1S/C11H14O.C7H16/c1-8-2-3-10-7-11(12)5-4-9(10)6-8;1-3-5-7-6-4-2/h4-5,7-8,12H,2-3,6H2,1H3;3-7H2,1-2H3. The first-order valence-corrected chi connectivity index (χ1v) is 7.98. The first-order valence-electron chi connectivity index (χ1n) is 7.98. The zero-order chi connectivity index (χ0) is 14.1. The van der Waals surface area contributed by atoms with Crippen LogP contribution in [-0.4, -0.2) is 5.11 Å². The van der Waals surface area contributed by atoms with Gasteiger partial charge < -0.3 is 5.11 Å². The second-order valence-corrected chi connectivity index (χ2v) is 5.86. The molecule has 1 unspecified atom stereocenters. The summed E-state index contributed by atoms with van der Waals surface area (Å²) < 4.78 is 0. The van der Waals surface area contributed by atoms with Gasteiger partial charge in [-0.25, -0.2) is 0 Å². The Morgan fingerprint density at radius 1 is 1.05 bits per heavy atom. The quantitative estimate of drug-likeness (QED) is 0.711. The van der Waals surface area contributed by atoms with Crippen molar-refractivity contribution in [3.63, 3.8) is 0 Å². The summed E-state index contributed by atoms with van der Waals surface area (Å²) in [5.74, 6) is 1.21. The van der Waals surface area contributed by atoms with Crippen LogP contribution in [0.3, 0.4) is 0 Å². The molecule has 2 rings (SSSR count). The van der Waals surface area contributed by atoms with E-state index in [4.69, 9.17) is 0 Å². The van der Waals surface area contributed by atoms with Crippen molar-refractivity contribution < 1.29 is 5.11 Å². The minimum atomic E-state index is 0.406. The van der Waals surface area contributed by atoms with Crippen molar-refractivity contribution in [1.29, 1.82) is 0 Å². The lowest BCUT2D eigenvalue weighted by Gasteiger charge is -2.21. The van der Waals surface area contributed by atoms with Crippen LogP contribution in [0.4, 0.5) is 0 Å². The van der Waals surface area contributed by atoms with Crippen LogP contribution in [0.2, 0.25) is 0 Å². The van der Waals surface area contributed by atoms with E-state index >= 15 is 0 Å². The summed E-state index contributed by atoms with van der Waals surface area (Å²) in [6.45, 7) is 6.78. The van der Waals surface area contributed by atoms with Gasteiger partial charge in [-0.1, -0.05) is 58.9 Å². The number of unbranched alkanes of at least 4 members (excludes halogenated alkanes) is 4. The minimum absolute atomic E-state index is 0.406. The van der Waals surface area contributed by atoms with Crippen molar-refractivity contribution >= 4 is 0 Å². The first kappa shape index (κ1) is 16.1. The Labute approximate surface area is 119 Å². The molecule has 0 aromatic heterocycles. The summed E-state index contributed by atoms with van der Waals surface area (Å²) in [4.78, 5) is 0. The van der Waals surface area contributed by atoms with E-state index in [9.17, 15) is 5.11 Å². The summed E-state index contributed by atoms with van der Waals surface area (Å²) in [5, 5.41) is 9.25. The second kappa shape index (κ2) is 9.01. The highest BCUT2D eigenvalue weighted by atomic mass is 16.3. The van der Waals surface area contributed by atoms with Gasteiger partial charge in [0.2, 0.25) is 0 Å². The monoisotopic (exact) mass is 262 g/mol. The molecule has 0 bridgehead atoms. The van der Waals surface area contributed by atoms with E-state index in [-0.39, 0.29) is 0 Å². The molecule has 0 spiro atoms. The fraction of sp³-hybridized carbons (Fsp3) is 0.667. The van der Waals surface area contributed by atoms with Crippen LogP contribution in [0.15, 0.2) is 18.2 Å². The largest absolute Gasteiger partial charge is 0.508 e. The lowest BCUT2D eigenvalue weighted by atomic mass is 9.85. The molecule has 0 saturated heterocycles. The molecule has 0 heterocycles. The van der Waals surface area contributed by atoms with E-state index in [2.05, 4.69) is 26.8 Å². The fourth-order valence-electron chi connectivity index (χ4n) is 2.60. The van der Waals surface area contributed by atoms with Gasteiger partial charge in [-0.3, -0.25) is 0 Å². The van der Waals surface area contributed by atoms with E-state index in [1.807, 2.05) is 6.07 Å². The summed E-state index contributed by atoms with van der Waals surface area (Å²) in [6.07, 6.45) is 10.6. The molecule has 108 valence electrons. The molecule has 1 atom stereocenters. The van der Waals surface area contributed by atoms with E-state index < -0.39 is 0 Å². The highest BCUT2D eigenvalue weighted by molar-refractivity contribution is 5.36. The zero-order valence-corrected chi connectivity index (χ0v) is 12.9. The van der Waals surface area contributed by atoms with Crippen molar-refractivity contribution in [3.8, 4) is 5.75 Å². The maximum Gasteiger partial charge on any atom is 0.115 e. The van der Waals surface area contributed by atoms with Crippen molar-refractivity contribution in [2.45, 2.75) is 72.1 Å². The Morgan fingerprint density at radius 3 is 2.37 bits per heavy atom. The molecule has 1 nitrogen and oxygen atoms in total. The first-order chi connectivity index (χ1) is 9.17. The summed E-state index contributed by atoms with van der Waals surface area (Å²) >= 11 is 0. The van der Waals surface area contributed by atoms with Crippen molar-refractivity contribution in [2.75, 3.05) is 0 Å². The molecule has 1 N–H and O–H groups in total. The molecule has 0 radical (unpaired) electrons. The van der Waals surface area contributed by atoms with Crippen LogP contribution < -0.4 is 0 Å². The third kappa shape index (κ3) is 6.13. The number of rotatable bonds is 4. The van der Waals surface area contributed by atoms with Gasteiger partial charge in [0.1, 0.15) is 5.75 Å². The summed E-state index contributed by atoms with van der Waals surface area (Å²) in [7, 11) is 0. The summed E-state index contributed by atoms with van der Waals surface area (Å²) in [5.41, 5.74) is 2.76. The predicted octanol–water partition coefficient (Wildman–Crippen LogP) is 5.49. The average Bonchev–Trinajstić information content (AvgIpc) is 2.40. The maximum atomic E-state index is 9.25. The Kier molecular flexibility index (Phi) is 7.62. The van der Waals surface area contributed by atoms with Gasteiger partial charge in [0.05, 0.1) is 0 Å². The molecule has 0 aliphatic heterocycles. The van der Waals surface area contributed by atoms with E-state index in [1.165, 1.54) is 56.1 Å². The van der Waals surface area contributed by atoms with Crippen LogP contribution >= 0.6 is 0 Å². The molecule has 0 fully saturated rings. The molecule has 1 aliphatic carbocycles. The van der Waals surface area contributed by atoms with Gasteiger partial charge in [-0.2, -0.15) is 0 Å². The predicted molar refractivity (Wildman–Crippen MR) is 83.7 cm³/mol. The third-order valence-electron chi connectivity index (χ3n) is 3.87. The number of phenols is 1. The third-order valence-corrected chi connectivity index (χ3v) is 3.87. The van der Waals surface area contributed by atoms with Crippen molar-refractivity contribution in [1.82, 2.24) is 0 Å². The smallest absolute Gasteiger partial charge is 0.115 e. The van der Waals surface area contributed by atoms with Gasteiger partial charge in [-0.15, -0.1) is 0 Å². The number of aryl methyl sites for hydroxylation is 1. The number of hydrogen-bond donors (Lipinski definition) is 1. The summed E-state index contributed by atoms with van der Waals surface area (Å²) in [6, 6.07) is 5.75. The molecular weight excluding hydrogens is 232 g/mol. The van der Waals surface area contributed by atoms with Crippen molar-refractivity contribution in [2.24, 2.45) is 5.92 Å². The van der Waals surface area contributed by atoms with Gasteiger partial charge >= 0.3 is 0 Å². The number of benzene rings is 1. The topological polar surface area (TPSA) is 20.2 Å². The van der Waals surface area contributed by atoms with Crippen LogP contribution in [0, 0.1) is 5.92 Å². The Bertz CT molecular complexity index is 353. The fourth-order valence-corrected chi connectivity index (χ4v) is 2.60. The zero-order valence-electron chi connectivity index (χ0n) is 12.9. The molecule has 1 aromatic rings. The van der Waals surface area contributed by atoms with Crippen LogP contribution in [0.1, 0.15) is 70.4 Å². The number of phenolic OH excluding ortho intramolecular Hbond substituents is 1. The Balaban J connectivity index is 0.000000224. The van der Waals surface area contributed by atoms with E-state index in [1.54, 1.807) is 6.07 Å². The lowest BCUT2D eigenvalue weighted by molar-refractivity contribution is 0.466. The van der Waals surface area contributed by atoms with Gasteiger partial charge in [0.15, 0.2) is 0 Å². The number of aromatic hydroxyl groups is 1. The Morgan fingerprint density at radius 2 is 1.74 bits per heavy atom.